The summed E-state index contributed by atoms with van der Waals surface area (Å²) in [4.78, 5) is 15.8. The SMILES string of the molecule is CC[n+]1ccnc2c(C)nc(N3CCOCC3)nc21. The highest BCUT2D eigenvalue weighted by Gasteiger charge is 2.22. The fraction of sp³-hybridized carbons (Fsp3) is 0.538. The van der Waals surface area contributed by atoms with Crippen molar-refractivity contribution in [3.05, 3.63) is 18.1 Å². The second kappa shape index (κ2) is 5.05. The van der Waals surface area contributed by atoms with E-state index >= 15 is 0 Å². The van der Waals surface area contributed by atoms with Crippen molar-refractivity contribution < 1.29 is 9.30 Å². The van der Waals surface area contributed by atoms with E-state index in [1.54, 1.807) is 6.20 Å². The Balaban J connectivity index is 2.11. The van der Waals surface area contributed by atoms with Gasteiger partial charge in [0.15, 0.2) is 5.52 Å². The molecule has 19 heavy (non-hydrogen) atoms. The number of aromatic nitrogens is 4. The maximum absolute atomic E-state index is 5.37. The fourth-order valence-corrected chi connectivity index (χ4v) is 2.31. The van der Waals surface area contributed by atoms with E-state index in [1.807, 2.05) is 13.1 Å². The summed E-state index contributed by atoms with van der Waals surface area (Å²) in [6, 6.07) is 0. The molecule has 6 heteroatoms. The zero-order valence-electron chi connectivity index (χ0n) is 11.3. The Morgan fingerprint density at radius 3 is 2.84 bits per heavy atom. The summed E-state index contributed by atoms with van der Waals surface area (Å²) < 4.78 is 7.47. The number of aryl methyl sites for hydroxylation is 2. The molecule has 0 atom stereocenters. The highest BCUT2D eigenvalue weighted by atomic mass is 16.5. The molecule has 6 nitrogen and oxygen atoms in total. The Morgan fingerprint density at radius 1 is 1.32 bits per heavy atom. The number of fused-ring (bicyclic) bond motifs is 1. The minimum absolute atomic E-state index is 0.737. The molecular weight excluding hydrogens is 242 g/mol. The topological polar surface area (TPSA) is 55.0 Å². The van der Waals surface area contributed by atoms with Crippen molar-refractivity contribution in [2.75, 3.05) is 31.2 Å². The van der Waals surface area contributed by atoms with E-state index in [-0.39, 0.29) is 0 Å². The first kappa shape index (κ1) is 12.2. The Bertz CT molecular complexity index is 595. The largest absolute Gasteiger partial charge is 0.378 e. The molecule has 1 aliphatic rings. The minimum Gasteiger partial charge on any atom is -0.378 e. The number of morpholine rings is 1. The lowest BCUT2D eigenvalue weighted by atomic mass is 10.3. The molecule has 3 heterocycles. The van der Waals surface area contributed by atoms with Gasteiger partial charge in [0.1, 0.15) is 6.20 Å². The van der Waals surface area contributed by atoms with Gasteiger partial charge in [-0.2, -0.15) is 4.98 Å². The summed E-state index contributed by atoms with van der Waals surface area (Å²) in [6.07, 6.45) is 3.76. The van der Waals surface area contributed by atoms with Crippen LogP contribution in [0, 0.1) is 6.92 Å². The normalized spacial score (nSPS) is 16.0. The van der Waals surface area contributed by atoms with E-state index in [1.165, 1.54) is 0 Å². The minimum atomic E-state index is 0.737. The van der Waals surface area contributed by atoms with Crippen molar-refractivity contribution in [1.29, 1.82) is 0 Å². The number of rotatable bonds is 2. The average molecular weight is 260 g/mol. The third kappa shape index (κ3) is 2.23. The van der Waals surface area contributed by atoms with Crippen LogP contribution in [0.5, 0.6) is 0 Å². The van der Waals surface area contributed by atoms with Crippen LogP contribution >= 0.6 is 0 Å². The molecule has 100 valence electrons. The van der Waals surface area contributed by atoms with Gasteiger partial charge in [0.2, 0.25) is 0 Å². The lowest BCUT2D eigenvalue weighted by molar-refractivity contribution is -0.670. The van der Waals surface area contributed by atoms with Gasteiger partial charge < -0.3 is 9.64 Å². The number of hydrogen-bond acceptors (Lipinski definition) is 5. The maximum atomic E-state index is 5.37. The van der Waals surface area contributed by atoms with Gasteiger partial charge in [-0.15, -0.1) is 0 Å². The summed E-state index contributed by atoms with van der Waals surface area (Å²) in [5, 5.41) is 0. The van der Waals surface area contributed by atoms with Gasteiger partial charge in [0.25, 0.3) is 0 Å². The molecule has 3 rings (SSSR count). The number of hydrogen-bond donors (Lipinski definition) is 0. The highest BCUT2D eigenvalue weighted by Crippen LogP contribution is 2.15. The Labute approximate surface area is 112 Å². The standard InChI is InChI=1S/C13H18N5O/c1-3-17-5-4-14-11-10(2)15-13(16-12(11)17)18-6-8-19-9-7-18/h4-5H,3,6-9H2,1-2H3/q+1. The van der Waals surface area contributed by atoms with Crippen molar-refractivity contribution in [3.63, 3.8) is 0 Å². The molecule has 1 aliphatic heterocycles. The molecule has 0 bridgehead atoms. The lowest BCUT2D eigenvalue weighted by Gasteiger charge is -2.24. The molecule has 1 fully saturated rings. The van der Waals surface area contributed by atoms with Crippen molar-refractivity contribution in [2.24, 2.45) is 0 Å². The van der Waals surface area contributed by atoms with Crippen molar-refractivity contribution in [3.8, 4) is 0 Å². The highest BCUT2D eigenvalue weighted by molar-refractivity contribution is 5.70. The van der Waals surface area contributed by atoms with Gasteiger partial charge in [-0.25, -0.2) is 9.55 Å². The monoisotopic (exact) mass is 260 g/mol. The van der Waals surface area contributed by atoms with Crippen LogP contribution in [0.25, 0.3) is 11.2 Å². The first-order valence-electron chi connectivity index (χ1n) is 6.65. The van der Waals surface area contributed by atoms with Gasteiger partial charge in [0, 0.05) is 18.1 Å². The molecule has 1 saturated heterocycles. The molecule has 0 saturated carbocycles. The molecule has 0 amide bonds. The molecule has 0 radical (unpaired) electrons. The van der Waals surface area contributed by atoms with Crippen LogP contribution in [0.1, 0.15) is 12.6 Å². The smallest absolute Gasteiger partial charge is 0.355 e. The van der Waals surface area contributed by atoms with Crippen LogP contribution in [-0.2, 0) is 11.3 Å². The first-order chi connectivity index (χ1) is 9.29. The van der Waals surface area contributed by atoms with E-state index < -0.39 is 0 Å². The van der Waals surface area contributed by atoms with Crippen LogP contribution < -0.4 is 9.47 Å². The lowest BCUT2D eigenvalue weighted by Crippen LogP contribution is -2.39. The quantitative estimate of drug-likeness (QED) is 0.735. The van der Waals surface area contributed by atoms with Crippen LogP contribution in [0.4, 0.5) is 5.95 Å². The molecule has 0 aromatic carbocycles. The van der Waals surface area contributed by atoms with E-state index in [0.29, 0.717) is 0 Å². The number of ether oxygens (including phenoxy) is 1. The second-order valence-electron chi connectivity index (χ2n) is 4.59. The number of anilines is 1. The molecule has 0 unspecified atom stereocenters. The summed E-state index contributed by atoms with van der Waals surface area (Å²) in [6.45, 7) is 8.13. The third-order valence-electron chi connectivity index (χ3n) is 3.39. The van der Waals surface area contributed by atoms with E-state index in [4.69, 9.17) is 9.72 Å². The zero-order valence-corrected chi connectivity index (χ0v) is 11.3. The predicted octanol–water partition coefficient (Wildman–Crippen LogP) is 0.477. The summed E-state index contributed by atoms with van der Waals surface area (Å²) >= 11 is 0. The fourth-order valence-electron chi connectivity index (χ4n) is 2.31. The summed E-state index contributed by atoms with van der Waals surface area (Å²) in [5.41, 5.74) is 2.70. The van der Waals surface area contributed by atoms with E-state index in [0.717, 1.165) is 55.7 Å². The molecule has 0 spiro atoms. The molecule has 0 aliphatic carbocycles. The van der Waals surface area contributed by atoms with Gasteiger partial charge in [-0.3, -0.25) is 0 Å². The van der Waals surface area contributed by atoms with Gasteiger partial charge in [-0.1, -0.05) is 0 Å². The van der Waals surface area contributed by atoms with Crippen LogP contribution in [-0.4, -0.2) is 41.3 Å². The molecule has 0 N–H and O–H groups in total. The predicted molar refractivity (Wildman–Crippen MR) is 71.0 cm³/mol. The molecule has 2 aromatic rings. The number of nitrogens with zero attached hydrogens (tertiary/aromatic N) is 5. The average Bonchev–Trinajstić information content (AvgIpc) is 2.47. The van der Waals surface area contributed by atoms with E-state index in [9.17, 15) is 0 Å². The Hall–Kier alpha value is -1.82. The second-order valence-corrected chi connectivity index (χ2v) is 4.59. The van der Waals surface area contributed by atoms with Crippen LogP contribution in [0.2, 0.25) is 0 Å². The Morgan fingerprint density at radius 2 is 2.11 bits per heavy atom. The third-order valence-corrected chi connectivity index (χ3v) is 3.39. The van der Waals surface area contributed by atoms with Crippen LogP contribution in [0.15, 0.2) is 12.4 Å². The maximum Gasteiger partial charge on any atom is 0.355 e. The van der Waals surface area contributed by atoms with Crippen molar-refractivity contribution in [2.45, 2.75) is 20.4 Å². The van der Waals surface area contributed by atoms with Crippen molar-refractivity contribution >= 4 is 17.1 Å². The Kier molecular flexibility index (Phi) is 3.25. The van der Waals surface area contributed by atoms with E-state index in [2.05, 4.69) is 26.4 Å². The van der Waals surface area contributed by atoms with Gasteiger partial charge in [0.05, 0.1) is 31.6 Å². The summed E-state index contributed by atoms with van der Waals surface area (Å²) in [5.74, 6) is 0.781. The van der Waals surface area contributed by atoms with Crippen LogP contribution in [0.3, 0.4) is 0 Å². The van der Waals surface area contributed by atoms with Gasteiger partial charge in [-0.05, 0) is 13.8 Å². The van der Waals surface area contributed by atoms with Gasteiger partial charge >= 0.3 is 11.6 Å². The summed E-state index contributed by atoms with van der Waals surface area (Å²) in [7, 11) is 0. The zero-order chi connectivity index (χ0) is 13.2. The first-order valence-corrected chi connectivity index (χ1v) is 6.65. The van der Waals surface area contributed by atoms with Crippen molar-refractivity contribution in [1.82, 2.24) is 15.0 Å². The molecular formula is C13H18N5O+. The molecule has 2 aromatic heterocycles.